The van der Waals surface area contributed by atoms with E-state index in [0.29, 0.717) is 6.54 Å². The molecule has 1 aliphatic heterocycles. The van der Waals surface area contributed by atoms with Crippen LogP contribution in [0.5, 0.6) is 5.75 Å². The second-order valence-corrected chi connectivity index (χ2v) is 6.54. The maximum atomic E-state index is 12.3. The maximum absolute atomic E-state index is 12.3. The van der Waals surface area contributed by atoms with Crippen LogP contribution in [0.15, 0.2) is 24.3 Å². The van der Waals surface area contributed by atoms with Crippen molar-refractivity contribution >= 4 is 6.03 Å². The Bertz CT molecular complexity index is 486. The van der Waals surface area contributed by atoms with Crippen LogP contribution in [0.3, 0.4) is 0 Å². The Morgan fingerprint density at radius 2 is 1.82 bits per heavy atom. The van der Waals surface area contributed by atoms with Crippen LogP contribution in [0, 0.1) is 11.8 Å². The van der Waals surface area contributed by atoms with Gasteiger partial charge in [0.1, 0.15) is 5.75 Å². The molecule has 1 aromatic rings. The molecule has 4 heteroatoms. The van der Waals surface area contributed by atoms with E-state index < -0.39 is 0 Å². The molecule has 2 aliphatic rings. The Hall–Kier alpha value is -1.71. The predicted molar refractivity (Wildman–Crippen MR) is 87.1 cm³/mol. The van der Waals surface area contributed by atoms with E-state index in [-0.39, 0.29) is 6.03 Å². The van der Waals surface area contributed by atoms with Gasteiger partial charge in [0.25, 0.3) is 0 Å². The van der Waals surface area contributed by atoms with Gasteiger partial charge in [-0.3, -0.25) is 0 Å². The summed E-state index contributed by atoms with van der Waals surface area (Å²) in [4.78, 5) is 14.3. The number of benzene rings is 1. The fourth-order valence-electron chi connectivity index (χ4n) is 3.79. The van der Waals surface area contributed by atoms with Gasteiger partial charge in [-0.25, -0.2) is 4.79 Å². The average molecular weight is 302 g/mol. The van der Waals surface area contributed by atoms with Gasteiger partial charge in [0.05, 0.1) is 7.11 Å². The van der Waals surface area contributed by atoms with Crippen molar-refractivity contribution in [2.75, 3.05) is 26.7 Å². The van der Waals surface area contributed by atoms with E-state index in [4.69, 9.17) is 4.74 Å². The van der Waals surface area contributed by atoms with Gasteiger partial charge in [-0.2, -0.15) is 0 Å². The van der Waals surface area contributed by atoms with Crippen LogP contribution < -0.4 is 10.1 Å². The number of nitrogens with zero attached hydrogens (tertiary/aromatic N) is 1. The number of carbonyl (C=O) groups is 1. The summed E-state index contributed by atoms with van der Waals surface area (Å²) in [5.74, 6) is 2.37. The summed E-state index contributed by atoms with van der Waals surface area (Å²) in [5, 5.41) is 3.07. The summed E-state index contributed by atoms with van der Waals surface area (Å²) < 4.78 is 5.15. The zero-order valence-electron chi connectivity index (χ0n) is 13.4. The lowest BCUT2D eigenvalue weighted by Crippen LogP contribution is -2.39. The molecule has 0 aromatic heterocycles. The van der Waals surface area contributed by atoms with Crippen LogP contribution >= 0.6 is 0 Å². The van der Waals surface area contributed by atoms with Crippen molar-refractivity contribution in [1.82, 2.24) is 10.2 Å². The number of nitrogens with one attached hydrogen (secondary N) is 1. The van der Waals surface area contributed by atoms with Crippen molar-refractivity contribution in [2.24, 2.45) is 11.8 Å². The van der Waals surface area contributed by atoms with E-state index in [1.165, 1.54) is 31.2 Å². The van der Waals surface area contributed by atoms with Gasteiger partial charge in [-0.05, 0) is 48.8 Å². The third kappa shape index (κ3) is 3.54. The lowest BCUT2D eigenvalue weighted by Gasteiger charge is -2.22. The highest BCUT2D eigenvalue weighted by atomic mass is 16.5. The molecule has 1 aliphatic carbocycles. The van der Waals surface area contributed by atoms with Crippen molar-refractivity contribution in [1.29, 1.82) is 0 Å². The summed E-state index contributed by atoms with van der Waals surface area (Å²) in [6, 6.07) is 8.14. The zero-order valence-corrected chi connectivity index (χ0v) is 13.4. The monoisotopic (exact) mass is 302 g/mol. The minimum absolute atomic E-state index is 0.114. The summed E-state index contributed by atoms with van der Waals surface area (Å²) >= 11 is 0. The minimum Gasteiger partial charge on any atom is -0.497 e. The number of likely N-dealkylation sites (tertiary alicyclic amines) is 1. The average Bonchev–Trinajstić information content (AvgIpc) is 2.99. The summed E-state index contributed by atoms with van der Waals surface area (Å²) in [6.45, 7) is 2.61. The molecule has 2 fully saturated rings. The third-order valence-electron chi connectivity index (χ3n) is 5.11. The van der Waals surface area contributed by atoms with Crippen molar-refractivity contribution in [3.05, 3.63) is 29.8 Å². The van der Waals surface area contributed by atoms with E-state index in [2.05, 4.69) is 17.4 Å². The van der Waals surface area contributed by atoms with Crippen molar-refractivity contribution in [2.45, 2.75) is 32.1 Å². The van der Waals surface area contributed by atoms with Crippen LogP contribution in [0.1, 0.15) is 31.2 Å². The van der Waals surface area contributed by atoms with Crippen molar-refractivity contribution in [3.63, 3.8) is 0 Å². The molecular formula is C18H26N2O2. The summed E-state index contributed by atoms with van der Waals surface area (Å²) in [5.41, 5.74) is 1.22. The van der Waals surface area contributed by atoms with Crippen LogP contribution in [0.2, 0.25) is 0 Å². The van der Waals surface area contributed by atoms with E-state index in [1.807, 2.05) is 17.0 Å². The third-order valence-corrected chi connectivity index (χ3v) is 5.11. The van der Waals surface area contributed by atoms with Crippen molar-refractivity contribution in [3.8, 4) is 5.75 Å². The highest BCUT2D eigenvalue weighted by molar-refractivity contribution is 5.74. The second kappa shape index (κ2) is 7.03. The van der Waals surface area contributed by atoms with E-state index in [9.17, 15) is 4.79 Å². The molecule has 0 spiro atoms. The molecule has 0 bridgehead atoms. The fraction of sp³-hybridized carbons (Fsp3) is 0.611. The Balaban J connectivity index is 1.42. The van der Waals surface area contributed by atoms with Gasteiger partial charge in [0, 0.05) is 19.6 Å². The van der Waals surface area contributed by atoms with E-state index >= 15 is 0 Å². The van der Waals surface area contributed by atoms with Gasteiger partial charge in [-0.1, -0.05) is 25.0 Å². The second-order valence-electron chi connectivity index (χ2n) is 6.54. The Morgan fingerprint density at radius 1 is 1.18 bits per heavy atom. The molecular weight excluding hydrogens is 276 g/mol. The lowest BCUT2D eigenvalue weighted by molar-refractivity contribution is 0.206. The molecule has 0 radical (unpaired) electrons. The number of methoxy groups -OCH3 is 1. The first-order chi connectivity index (χ1) is 10.8. The first-order valence-electron chi connectivity index (χ1n) is 8.42. The molecule has 1 N–H and O–H groups in total. The van der Waals surface area contributed by atoms with Gasteiger partial charge in [-0.15, -0.1) is 0 Å². The molecule has 120 valence electrons. The molecule has 2 amide bonds. The molecule has 4 nitrogen and oxygen atoms in total. The SMILES string of the molecule is COc1ccc(CCNC(=O)N2CC3CCCCC3C2)cc1. The number of hydrogen-bond donors (Lipinski definition) is 1. The lowest BCUT2D eigenvalue weighted by atomic mass is 9.82. The number of amides is 2. The van der Waals surface area contributed by atoms with Crippen LogP contribution in [-0.2, 0) is 6.42 Å². The molecule has 1 saturated carbocycles. The first-order valence-corrected chi connectivity index (χ1v) is 8.42. The van der Waals surface area contributed by atoms with Gasteiger partial charge in [0.15, 0.2) is 0 Å². The first kappa shape index (κ1) is 15.2. The smallest absolute Gasteiger partial charge is 0.317 e. The Kier molecular flexibility index (Phi) is 4.86. The molecule has 2 atom stereocenters. The largest absolute Gasteiger partial charge is 0.497 e. The zero-order chi connectivity index (χ0) is 15.4. The maximum Gasteiger partial charge on any atom is 0.317 e. The number of carbonyl (C=O) groups excluding carboxylic acids is 1. The molecule has 3 rings (SSSR count). The Morgan fingerprint density at radius 3 is 2.41 bits per heavy atom. The predicted octanol–water partition coefficient (Wildman–Crippen LogP) is 3.07. The standard InChI is InChI=1S/C18H26N2O2/c1-22-17-8-6-14(7-9-17)10-11-19-18(21)20-12-15-4-2-3-5-16(15)13-20/h6-9,15-16H,2-5,10-13H2,1H3,(H,19,21). The number of urea groups is 1. The fourth-order valence-corrected chi connectivity index (χ4v) is 3.79. The van der Waals surface area contributed by atoms with E-state index in [1.54, 1.807) is 7.11 Å². The highest BCUT2D eigenvalue weighted by Crippen LogP contribution is 2.35. The van der Waals surface area contributed by atoms with Gasteiger partial charge in [0.2, 0.25) is 0 Å². The number of fused-ring (bicyclic) bond motifs is 1. The molecule has 22 heavy (non-hydrogen) atoms. The highest BCUT2D eigenvalue weighted by Gasteiger charge is 2.36. The van der Waals surface area contributed by atoms with Gasteiger partial charge < -0.3 is 15.0 Å². The normalized spacial score (nSPS) is 24.0. The minimum atomic E-state index is 0.114. The Labute approximate surface area is 132 Å². The molecule has 2 unspecified atom stereocenters. The van der Waals surface area contributed by atoms with Crippen LogP contribution in [0.4, 0.5) is 4.79 Å². The number of rotatable bonds is 4. The molecule has 1 aromatic carbocycles. The number of ether oxygens (including phenoxy) is 1. The topological polar surface area (TPSA) is 41.6 Å². The molecule has 1 heterocycles. The summed E-state index contributed by atoms with van der Waals surface area (Å²) in [6.07, 6.45) is 6.15. The van der Waals surface area contributed by atoms with E-state index in [0.717, 1.165) is 37.1 Å². The number of hydrogen-bond acceptors (Lipinski definition) is 2. The quantitative estimate of drug-likeness (QED) is 0.928. The summed E-state index contributed by atoms with van der Waals surface area (Å²) in [7, 11) is 1.67. The van der Waals surface area contributed by atoms with Gasteiger partial charge >= 0.3 is 6.03 Å². The van der Waals surface area contributed by atoms with Crippen LogP contribution in [0.25, 0.3) is 0 Å². The molecule has 1 saturated heterocycles. The van der Waals surface area contributed by atoms with Crippen LogP contribution in [-0.4, -0.2) is 37.7 Å². The van der Waals surface area contributed by atoms with Crippen molar-refractivity contribution < 1.29 is 9.53 Å².